The summed E-state index contributed by atoms with van der Waals surface area (Å²) in [5.74, 6) is -0.332. The van der Waals surface area contributed by atoms with Crippen molar-refractivity contribution in [3.63, 3.8) is 0 Å². The monoisotopic (exact) mass is 240 g/mol. The van der Waals surface area contributed by atoms with E-state index in [1.165, 1.54) is 0 Å². The van der Waals surface area contributed by atoms with E-state index in [1.54, 1.807) is 0 Å². The van der Waals surface area contributed by atoms with Crippen LogP contribution in [0.25, 0.3) is 0 Å². The largest absolute Gasteiger partial charge is 0.379 e. The molecule has 1 rings (SSSR count). The first-order valence-corrected chi connectivity index (χ1v) is 5.43. The Kier molecular flexibility index (Phi) is 5.55. The van der Waals surface area contributed by atoms with Gasteiger partial charge < -0.3 is 10.1 Å². The summed E-state index contributed by atoms with van der Waals surface area (Å²) in [7, 11) is 0. The predicted molar refractivity (Wildman–Crippen MR) is 55.8 cm³/mol. The first-order chi connectivity index (χ1) is 6.70. The number of ether oxygens (including phenoxy) is 1. The molecule has 0 aliphatic carbocycles. The number of hydrogen-bond acceptors (Lipinski definition) is 3. The maximum atomic E-state index is 11.0. The van der Waals surface area contributed by atoms with Gasteiger partial charge >= 0.3 is 0 Å². The van der Waals surface area contributed by atoms with Crippen molar-refractivity contribution < 1.29 is 9.53 Å². The van der Waals surface area contributed by atoms with Gasteiger partial charge in [-0.05, 0) is 0 Å². The van der Waals surface area contributed by atoms with E-state index in [9.17, 15) is 4.79 Å². The summed E-state index contributed by atoms with van der Waals surface area (Å²) < 4.78 is 5.19. The number of nitrogens with one attached hydrogen (secondary N) is 1. The van der Waals surface area contributed by atoms with Crippen molar-refractivity contribution in [2.24, 2.45) is 0 Å². The van der Waals surface area contributed by atoms with Gasteiger partial charge in [0.2, 0.25) is 0 Å². The highest BCUT2D eigenvalue weighted by Gasteiger charge is 2.12. The highest BCUT2D eigenvalue weighted by molar-refractivity contribution is 6.53. The van der Waals surface area contributed by atoms with Crippen LogP contribution in [0.2, 0.25) is 0 Å². The van der Waals surface area contributed by atoms with Crippen LogP contribution < -0.4 is 5.32 Å². The Balaban J connectivity index is 2.05. The Morgan fingerprint density at radius 3 is 2.64 bits per heavy atom. The van der Waals surface area contributed by atoms with Crippen molar-refractivity contribution in [2.45, 2.75) is 4.84 Å². The van der Waals surface area contributed by atoms with Gasteiger partial charge in [-0.2, -0.15) is 0 Å². The molecule has 0 spiro atoms. The molecule has 0 unspecified atom stereocenters. The van der Waals surface area contributed by atoms with E-state index < -0.39 is 4.84 Å². The topological polar surface area (TPSA) is 41.6 Å². The van der Waals surface area contributed by atoms with Gasteiger partial charge in [0, 0.05) is 26.2 Å². The fraction of sp³-hybridized carbons (Fsp3) is 0.875. The fourth-order valence-corrected chi connectivity index (χ4v) is 1.39. The van der Waals surface area contributed by atoms with Crippen LogP contribution in [0.15, 0.2) is 0 Å². The second kappa shape index (κ2) is 6.45. The van der Waals surface area contributed by atoms with Gasteiger partial charge in [-0.3, -0.25) is 9.69 Å². The molecule has 1 fully saturated rings. The molecule has 0 atom stereocenters. The van der Waals surface area contributed by atoms with Crippen molar-refractivity contribution in [1.29, 1.82) is 0 Å². The number of carbonyl (C=O) groups excluding carboxylic acids is 1. The molecule has 6 heteroatoms. The van der Waals surface area contributed by atoms with E-state index >= 15 is 0 Å². The molecule has 0 aromatic rings. The van der Waals surface area contributed by atoms with Gasteiger partial charge in [0.05, 0.1) is 13.2 Å². The number of morpholine rings is 1. The molecule has 1 N–H and O–H groups in total. The Bertz CT molecular complexity index is 184. The molecule has 14 heavy (non-hydrogen) atoms. The average molecular weight is 241 g/mol. The number of carbonyl (C=O) groups is 1. The van der Waals surface area contributed by atoms with Crippen LogP contribution in [0, 0.1) is 0 Å². The number of halogens is 2. The van der Waals surface area contributed by atoms with Crippen LogP contribution in [0.4, 0.5) is 0 Å². The highest BCUT2D eigenvalue weighted by atomic mass is 35.5. The minimum absolute atomic E-state index is 0.332. The molecule has 82 valence electrons. The lowest BCUT2D eigenvalue weighted by molar-refractivity contribution is -0.119. The molecule has 4 nitrogen and oxygen atoms in total. The van der Waals surface area contributed by atoms with Crippen LogP contribution in [0.1, 0.15) is 0 Å². The van der Waals surface area contributed by atoms with E-state index in [4.69, 9.17) is 27.9 Å². The standard InChI is InChI=1S/C8H14Cl2N2O2/c9-7(10)8(13)11-1-2-12-3-5-14-6-4-12/h7H,1-6H2,(H,11,13). The molecule has 1 amide bonds. The zero-order valence-electron chi connectivity index (χ0n) is 7.84. The van der Waals surface area contributed by atoms with Gasteiger partial charge in [0.1, 0.15) is 0 Å². The Morgan fingerprint density at radius 1 is 1.43 bits per heavy atom. The van der Waals surface area contributed by atoms with E-state index in [-0.39, 0.29) is 5.91 Å². The van der Waals surface area contributed by atoms with Crippen molar-refractivity contribution in [3.8, 4) is 0 Å². The first-order valence-electron chi connectivity index (χ1n) is 4.56. The third-order valence-corrected chi connectivity index (χ3v) is 2.43. The van der Waals surface area contributed by atoms with Gasteiger partial charge in [0.15, 0.2) is 4.84 Å². The molecular weight excluding hydrogens is 227 g/mol. The van der Waals surface area contributed by atoms with Crippen LogP contribution in [0.5, 0.6) is 0 Å². The Morgan fingerprint density at radius 2 is 2.07 bits per heavy atom. The number of nitrogens with zero attached hydrogens (tertiary/aromatic N) is 1. The molecule has 1 aliphatic rings. The predicted octanol–water partition coefficient (Wildman–Crippen LogP) is 0.239. The summed E-state index contributed by atoms with van der Waals surface area (Å²) >= 11 is 10.7. The molecule has 0 saturated carbocycles. The lowest BCUT2D eigenvalue weighted by Gasteiger charge is -2.26. The average Bonchev–Trinajstić information content (AvgIpc) is 2.19. The summed E-state index contributed by atoms with van der Waals surface area (Å²) in [6.07, 6.45) is 0. The second-order valence-electron chi connectivity index (χ2n) is 3.05. The minimum Gasteiger partial charge on any atom is -0.379 e. The Labute approximate surface area is 93.5 Å². The summed E-state index contributed by atoms with van der Waals surface area (Å²) in [4.78, 5) is 12.2. The van der Waals surface area contributed by atoms with Gasteiger partial charge in [-0.1, -0.05) is 23.2 Å². The number of rotatable bonds is 4. The zero-order chi connectivity index (χ0) is 10.4. The molecule has 0 aromatic heterocycles. The third kappa shape index (κ3) is 4.46. The normalized spacial score (nSPS) is 18.5. The van der Waals surface area contributed by atoms with Crippen LogP contribution in [-0.4, -0.2) is 55.0 Å². The maximum Gasteiger partial charge on any atom is 0.253 e. The molecule has 1 aliphatic heterocycles. The zero-order valence-corrected chi connectivity index (χ0v) is 9.35. The number of alkyl halides is 2. The SMILES string of the molecule is O=C(NCCN1CCOCC1)C(Cl)Cl. The highest BCUT2D eigenvalue weighted by Crippen LogP contribution is 2.00. The van der Waals surface area contributed by atoms with Crippen molar-refractivity contribution in [1.82, 2.24) is 10.2 Å². The van der Waals surface area contributed by atoms with Gasteiger partial charge in [0.25, 0.3) is 5.91 Å². The van der Waals surface area contributed by atoms with Crippen molar-refractivity contribution in [3.05, 3.63) is 0 Å². The summed E-state index contributed by atoms with van der Waals surface area (Å²) in [6.45, 7) is 4.76. The van der Waals surface area contributed by atoms with E-state index in [0.29, 0.717) is 6.54 Å². The van der Waals surface area contributed by atoms with E-state index in [0.717, 1.165) is 32.8 Å². The van der Waals surface area contributed by atoms with Gasteiger partial charge in [-0.25, -0.2) is 0 Å². The maximum absolute atomic E-state index is 11.0. The Hall–Kier alpha value is -0.0300. The summed E-state index contributed by atoms with van der Waals surface area (Å²) in [6, 6.07) is 0. The van der Waals surface area contributed by atoms with Crippen molar-refractivity contribution in [2.75, 3.05) is 39.4 Å². The molecule has 0 aromatic carbocycles. The quantitative estimate of drug-likeness (QED) is 0.717. The van der Waals surface area contributed by atoms with Crippen LogP contribution in [-0.2, 0) is 9.53 Å². The molecule has 0 bridgehead atoms. The molecule has 1 heterocycles. The smallest absolute Gasteiger partial charge is 0.253 e. The summed E-state index contributed by atoms with van der Waals surface area (Å²) in [5, 5.41) is 2.64. The lowest BCUT2D eigenvalue weighted by Crippen LogP contribution is -2.42. The van der Waals surface area contributed by atoms with Crippen molar-refractivity contribution >= 4 is 29.1 Å². The van der Waals surface area contributed by atoms with Crippen LogP contribution >= 0.6 is 23.2 Å². The first kappa shape index (κ1) is 12.0. The lowest BCUT2D eigenvalue weighted by atomic mass is 10.4. The summed E-state index contributed by atoms with van der Waals surface area (Å²) in [5.41, 5.74) is 0. The number of amides is 1. The third-order valence-electron chi connectivity index (χ3n) is 2.03. The second-order valence-corrected chi connectivity index (χ2v) is 4.14. The molecular formula is C8H14Cl2N2O2. The van der Waals surface area contributed by atoms with E-state index in [1.807, 2.05) is 0 Å². The van der Waals surface area contributed by atoms with Gasteiger partial charge in [-0.15, -0.1) is 0 Å². The van der Waals surface area contributed by atoms with E-state index in [2.05, 4.69) is 10.2 Å². The molecule has 1 saturated heterocycles. The van der Waals surface area contributed by atoms with Crippen LogP contribution in [0.3, 0.4) is 0 Å². The number of hydrogen-bond donors (Lipinski definition) is 1. The minimum atomic E-state index is -0.973. The fourth-order valence-electron chi connectivity index (χ4n) is 1.24. The molecule has 0 radical (unpaired) electrons.